The van der Waals surface area contributed by atoms with E-state index in [0.29, 0.717) is 12.5 Å². The number of amides is 2. The molecule has 1 saturated heterocycles. The highest BCUT2D eigenvalue weighted by molar-refractivity contribution is 5.99. The van der Waals surface area contributed by atoms with E-state index in [1.807, 2.05) is 20.8 Å². The molecular formula is C15H28N2O2. The molecule has 2 amide bonds. The molecule has 0 radical (unpaired) electrons. The monoisotopic (exact) mass is 268 g/mol. The van der Waals surface area contributed by atoms with Crippen LogP contribution in [0.1, 0.15) is 60.3 Å². The molecule has 1 N–H and O–H groups in total. The molecule has 0 bridgehead atoms. The van der Waals surface area contributed by atoms with Gasteiger partial charge in [0.1, 0.15) is 11.6 Å². The minimum atomic E-state index is -0.724. The summed E-state index contributed by atoms with van der Waals surface area (Å²) in [5, 5.41) is 2.86. The van der Waals surface area contributed by atoms with Gasteiger partial charge in [0.2, 0.25) is 11.8 Å². The number of hydrogen-bond donors (Lipinski definition) is 1. The topological polar surface area (TPSA) is 49.4 Å². The van der Waals surface area contributed by atoms with Gasteiger partial charge in [-0.1, -0.05) is 27.2 Å². The van der Waals surface area contributed by atoms with Gasteiger partial charge in [0, 0.05) is 6.54 Å². The Morgan fingerprint density at radius 1 is 1.32 bits per heavy atom. The molecule has 19 heavy (non-hydrogen) atoms. The van der Waals surface area contributed by atoms with Crippen LogP contribution in [0.3, 0.4) is 0 Å². The van der Waals surface area contributed by atoms with Crippen molar-refractivity contribution < 1.29 is 9.59 Å². The molecule has 1 unspecified atom stereocenters. The van der Waals surface area contributed by atoms with Gasteiger partial charge in [-0.3, -0.25) is 9.59 Å². The molecule has 1 heterocycles. The largest absolute Gasteiger partial charge is 0.342 e. The van der Waals surface area contributed by atoms with Crippen LogP contribution in [0.25, 0.3) is 0 Å². The van der Waals surface area contributed by atoms with Gasteiger partial charge in [-0.25, -0.2) is 0 Å². The SMILES string of the molecule is CCCC1NC(=O)C(C)(C)N(CCCC(C)C)C1=O. The number of carbonyl (C=O) groups is 2. The van der Waals surface area contributed by atoms with Crippen LogP contribution >= 0.6 is 0 Å². The summed E-state index contributed by atoms with van der Waals surface area (Å²) in [5.74, 6) is 0.675. The Morgan fingerprint density at radius 2 is 1.95 bits per heavy atom. The highest BCUT2D eigenvalue weighted by Gasteiger charge is 2.45. The Hall–Kier alpha value is -1.06. The minimum Gasteiger partial charge on any atom is -0.342 e. The zero-order chi connectivity index (χ0) is 14.6. The van der Waals surface area contributed by atoms with Crippen molar-refractivity contribution >= 4 is 11.8 Å². The number of rotatable bonds is 6. The standard InChI is InChI=1S/C15H28N2O2/c1-6-8-12-13(18)17(10-7-9-11(2)3)15(4,5)14(19)16-12/h11-12H,6-10H2,1-5H3,(H,16,19). The van der Waals surface area contributed by atoms with Gasteiger partial charge in [0.05, 0.1) is 0 Å². The maximum Gasteiger partial charge on any atom is 0.246 e. The van der Waals surface area contributed by atoms with E-state index < -0.39 is 5.54 Å². The lowest BCUT2D eigenvalue weighted by Gasteiger charge is -2.44. The fraction of sp³-hybridized carbons (Fsp3) is 0.867. The van der Waals surface area contributed by atoms with E-state index in [1.165, 1.54) is 0 Å². The zero-order valence-corrected chi connectivity index (χ0v) is 13.0. The number of nitrogens with zero attached hydrogens (tertiary/aromatic N) is 1. The highest BCUT2D eigenvalue weighted by atomic mass is 16.2. The van der Waals surface area contributed by atoms with Gasteiger partial charge >= 0.3 is 0 Å². The van der Waals surface area contributed by atoms with E-state index in [9.17, 15) is 9.59 Å². The van der Waals surface area contributed by atoms with E-state index in [2.05, 4.69) is 19.2 Å². The van der Waals surface area contributed by atoms with Crippen molar-refractivity contribution in [2.75, 3.05) is 6.54 Å². The van der Waals surface area contributed by atoms with Crippen molar-refractivity contribution in [3.8, 4) is 0 Å². The molecule has 1 aliphatic rings. The average molecular weight is 268 g/mol. The number of piperazine rings is 1. The van der Waals surface area contributed by atoms with E-state index >= 15 is 0 Å². The molecule has 110 valence electrons. The summed E-state index contributed by atoms with van der Waals surface area (Å²) in [4.78, 5) is 26.4. The van der Waals surface area contributed by atoms with Crippen LogP contribution in [-0.2, 0) is 9.59 Å². The van der Waals surface area contributed by atoms with Crippen molar-refractivity contribution in [1.82, 2.24) is 10.2 Å². The molecule has 4 heteroatoms. The molecule has 1 atom stereocenters. The molecular weight excluding hydrogens is 240 g/mol. The van der Waals surface area contributed by atoms with Gasteiger partial charge in [-0.05, 0) is 39.0 Å². The molecule has 0 aliphatic carbocycles. The van der Waals surface area contributed by atoms with Gasteiger partial charge in [-0.15, -0.1) is 0 Å². The lowest BCUT2D eigenvalue weighted by atomic mass is 9.93. The zero-order valence-electron chi connectivity index (χ0n) is 13.0. The maximum atomic E-state index is 12.5. The minimum absolute atomic E-state index is 0.0323. The molecule has 1 fully saturated rings. The van der Waals surface area contributed by atoms with E-state index in [-0.39, 0.29) is 17.9 Å². The van der Waals surface area contributed by atoms with Crippen molar-refractivity contribution in [2.45, 2.75) is 71.9 Å². The Morgan fingerprint density at radius 3 is 2.47 bits per heavy atom. The van der Waals surface area contributed by atoms with Crippen LogP contribution in [0.4, 0.5) is 0 Å². The Balaban J connectivity index is 2.76. The molecule has 1 aliphatic heterocycles. The van der Waals surface area contributed by atoms with Crippen LogP contribution in [0.5, 0.6) is 0 Å². The summed E-state index contributed by atoms with van der Waals surface area (Å²) in [6, 6.07) is -0.329. The highest BCUT2D eigenvalue weighted by Crippen LogP contribution is 2.23. The van der Waals surface area contributed by atoms with Crippen molar-refractivity contribution in [3.05, 3.63) is 0 Å². The average Bonchev–Trinajstić information content (AvgIpc) is 2.31. The number of hydrogen-bond acceptors (Lipinski definition) is 2. The molecule has 0 saturated carbocycles. The van der Waals surface area contributed by atoms with Gasteiger partial charge in [0.15, 0.2) is 0 Å². The first-order valence-electron chi connectivity index (χ1n) is 7.43. The van der Waals surface area contributed by atoms with Gasteiger partial charge in [-0.2, -0.15) is 0 Å². The van der Waals surface area contributed by atoms with Gasteiger partial charge < -0.3 is 10.2 Å². The molecule has 0 aromatic rings. The summed E-state index contributed by atoms with van der Waals surface area (Å²) in [5.41, 5.74) is -0.724. The predicted molar refractivity (Wildman–Crippen MR) is 76.7 cm³/mol. The van der Waals surface area contributed by atoms with Crippen molar-refractivity contribution in [2.24, 2.45) is 5.92 Å². The molecule has 4 nitrogen and oxygen atoms in total. The summed E-state index contributed by atoms with van der Waals surface area (Å²) in [7, 11) is 0. The van der Waals surface area contributed by atoms with Crippen LogP contribution in [0.15, 0.2) is 0 Å². The first kappa shape index (κ1) is 16.0. The molecule has 0 aromatic heterocycles. The van der Waals surface area contributed by atoms with Crippen LogP contribution < -0.4 is 5.32 Å². The summed E-state index contributed by atoms with van der Waals surface area (Å²) >= 11 is 0. The van der Waals surface area contributed by atoms with Crippen molar-refractivity contribution in [1.29, 1.82) is 0 Å². The second kappa shape index (κ2) is 6.40. The quantitative estimate of drug-likeness (QED) is 0.803. The summed E-state index contributed by atoms with van der Waals surface area (Å²) in [6.45, 7) is 10.7. The second-order valence-electron chi connectivity index (χ2n) is 6.40. The molecule has 0 aromatic carbocycles. The maximum absolute atomic E-state index is 12.5. The number of nitrogens with one attached hydrogen (secondary N) is 1. The lowest BCUT2D eigenvalue weighted by molar-refractivity contribution is -0.155. The normalized spacial score (nSPS) is 22.8. The Kier molecular flexibility index (Phi) is 5.39. The van der Waals surface area contributed by atoms with Crippen molar-refractivity contribution in [3.63, 3.8) is 0 Å². The Bertz CT molecular complexity index is 337. The first-order valence-corrected chi connectivity index (χ1v) is 7.43. The smallest absolute Gasteiger partial charge is 0.246 e. The second-order valence-corrected chi connectivity index (χ2v) is 6.40. The first-order chi connectivity index (χ1) is 8.80. The third kappa shape index (κ3) is 3.71. The summed E-state index contributed by atoms with van der Waals surface area (Å²) < 4.78 is 0. The number of carbonyl (C=O) groups excluding carboxylic acids is 2. The van der Waals surface area contributed by atoms with Crippen LogP contribution in [0.2, 0.25) is 0 Å². The third-order valence-electron chi connectivity index (χ3n) is 3.84. The fourth-order valence-electron chi connectivity index (χ4n) is 2.51. The van der Waals surface area contributed by atoms with Gasteiger partial charge in [0.25, 0.3) is 0 Å². The van der Waals surface area contributed by atoms with E-state index in [4.69, 9.17) is 0 Å². The summed E-state index contributed by atoms with van der Waals surface area (Å²) in [6.07, 6.45) is 3.66. The fourth-order valence-corrected chi connectivity index (χ4v) is 2.51. The predicted octanol–water partition coefficient (Wildman–Crippen LogP) is 2.33. The van der Waals surface area contributed by atoms with Crippen LogP contribution in [0, 0.1) is 5.92 Å². The lowest BCUT2D eigenvalue weighted by Crippen LogP contribution is -2.68. The third-order valence-corrected chi connectivity index (χ3v) is 3.84. The Labute approximate surface area is 116 Å². The van der Waals surface area contributed by atoms with E-state index in [0.717, 1.165) is 25.7 Å². The molecule has 0 spiro atoms. The molecule has 1 rings (SSSR count). The van der Waals surface area contributed by atoms with Crippen LogP contribution in [-0.4, -0.2) is 34.8 Å². The van der Waals surface area contributed by atoms with E-state index in [1.54, 1.807) is 4.90 Å².